The average molecular weight is 1260 g/mol. The molecule has 0 spiro atoms. The number of rotatable bonds is 18. The Morgan fingerprint density at radius 1 is 0.213 bits per heavy atom. The minimum Gasteiger partial charge on any atom is -0.494 e. The quantitative estimate of drug-likeness (QED) is 0.0473. The highest BCUT2D eigenvalue weighted by Gasteiger charge is 2.32. The van der Waals surface area contributed by atoms with Crippen molar-refractivity contribution in [2.45, 2.75) is 91.4 Å². The zero-order valence-electron chi connectivity index (χ0n) is 48.9. The minimum atomic E-state index is -0.539. The van der Waals surface area contributed by atoms with Gasteiger partial charge in [0, 0.05) is 0 Å². The molecule has 0 saturated carbocycles. The van der Waals surface area contributed by atoms with Crippen LogP contribution < -0.4 is 4.74 Å². The molecule has 0 heterocycles. The molecule has 12 rings (SSSR count). The SMILES string of the molecule is CCCCCCOc1ccc([S+](c2ccccc2)c2ccccc2)cc1.Fc1ccc([S+](c2ccc(F)cc2)c2ccc(F)cc2)cc1.Fc1ccc([S+](c2ccccc2)c2ccc(F)cc2)cc1.Fc1ccc([S+](c2ccccc2)c2ccccc2)cc1. The Labute approximate surface area is 531 Å². The Balaban J connectivity index is 0.000000142. The van der Waals surface area contributed by atoms with Gasteiger partial charge in [-0.3, -0.25) is 0 Å². The Kier molecular flexibility index (Phi) is 25.0. The van der Waals surface area contributed by atoms with E-state index in [1.807, 2.05) is 78.9 Å². The molecule has 0 N–H and O–H groups in total. The highest BCUT2D eigenvalue weighted by molar-refractivity contribution is 7.98. The predicted molar refractivity (Wildman–Crippen MR) is 355 cm³/mol. The molecule has 0 saturated heterocycles. The van der Waals surface area contributed by atoms with E-state index in [-0.39, 0.29) is 67.6 Å². The second-order valence-corrected chi connectivity index (χ2v) is 28.0. The summed E-state index contributed by atoms with van der Waals surface area (Å²) < 4.78 is 84.9. The summed E-state index contributed by atoms with van der Waals surface area (Å²) in [6.45, 7) is 3.04. The van der Waals surface area contributed by atoms with Crippen LogP contribution in [0.15, 0.2) is 380 Å². The number of ether oxygens (including phenoxy) is 1. The van der Waals surface area contributed by atoms with E-state index < -0.39 is 10.9 Å². The van der Waals surface area contributed by atoms with E-state index in [0.29, 0.717) is 0 Å². The zero-order chi connectivity index (χ0) is 62.0. The van der Waals surface area contributed by atoms with E-state index in [4.69, 9.17) is 4.74 Å². The van der Waals surface area contributed by atoms with Gasteiger partial charge in [0.05, 0.1) is 50.2 Å². The molecule has 0 bridgehead atoms. The van der Waals surface area contributed by atoms with Gasteiger partial charge in [-0.05, 0) is 237 Å². The van der Waals surface area contributed by atoms with Gasteiger partial charge in [-0.15, -0.1) is 0 Å². The molecule has 1 nitrogen and oxygen atoms in total. The van der Waals surface area contributed by atoms with Gasteiger partial charge in [-0.2, -0.15) is 0 Å². The molecular weight excluding hydrogens is 1200 g/mol. The maximum atomic E-state index is 13.2. The maximum absolute atomic E-state index is 13.2. The first-order valence-electron chi connectivity index (χ1n) is 29.1. The molecule has 0 amide bonds. The Bertz CT molecular complexity index is 3700. The summed E-state index contributed by atoms with van der Waals surface area (Å²) in [5, 5.41) is 0. The summed E-state index contributed by atoms with van der Waals surface area (Å²) in [4.78, 5) is 13.4. The van der Waals surface area contributed by atoms with Crippen LogP contribution in [0.3, 0.4) is 0 Å². The van der Waals surface area contributed by atoms with Crippen LogP contribution in [0.4, 0.5) is 26.3 Å². The minimum absolute atomic E-state index is 0.0885. The van der Waals surface area contributed by atoms with Gasteiger partial charge in [0.25, 0.3) is 0 Å². The van der Waals surface area contributed by atoms with Crippen LogP contribution in [0.2, 0.25) is 0 Å². The van der Waals surface area contributed by atoms with Crippen LogP contribution in [0.5, 0.6) is 5.75 Å². The van der Waals surface area contributed by atoms with Gasteiger partial charge in [0.1, 0.15) is 40.7 Å². The second kappa shape index (κ2) is 34.2. The normalized spacial score (nSPS) is 10.8. The summed E-state index contributed by atoms with van der Waals surface area (Å²) in [5.74, 6) is -0.682. The Morgan fingerprint density at radius 2 is 0.393 bits per heavy atom. The van der Waals surface area contributed by atoms with E-state index in [0.717, 1.165) is 53.0 Å². The highest BCUT2D eigenvalue weighted by atomic mass is 32.2. The van der Waals surface area contributed by atoms with Crippen LogP contribution in [-0.4, -0.2) is 6.61 Å². The predicted octanol–water partition coefficient (Wildman–Crippen LogP) is 21.9. The van der Waals surface area contributed by atoms with Gasteiger partial charge >= 0.3 is 0 Å². The van der Waals surface area contributed by atoms with E-state index in [2.05, 4.69) is 116 Å². The molecule has 11 heteroatoms. The molecule has 0 aliphatic rings. The molecule has 0 fully saturated rings. The van der Waals surface area contributed by atoms with Gasteiger partial charge in [-0.25, -0.2) is 26.3 Å². The van der Waals surface area contributed by atoms with Crippen LogP contribution >= 0.6 is 0 Å². The van der Waals surface area contributed by atoms with Crippen molar-refractivity contribution >= 4 is 43.6 Å². The fourth-order valence-corrected chi connectivity index (χ4v) is 17.5. The van der Waals surface area contributed by atoms with Gasteiger partial charge < -0.3 is 4.74 Å². The van der Waals surface area contributed by atoms with E-state index in [1.54, 1.807) is 60.7 Å². The number of hydrogen-bond donors (Lipinski definition) is 0. The largest absolute Gasteiger partial charge is 0.494 e. The zero-order valence-corrected chi connectivity index (χ0v) is 52.2. The number of halogens is 6. The molecule has 0 aromatic heterocycles. The first kappa shape index (κ1) is 64.9. The lowest BCUT2D eigenvalue weighted by atomic mass is 10.2. The van der Waals surface area contributed by atoms with Crippen LogP contribution in [0, 0.1) is 34.9 Å². The van der Waals surface area contributed by atoms with Gasteiger partial charge in [0.2, 0.25) is 0 Å². The standard InChI is InChI=1S/C24H27OS.C18H12F3S.C18H13F2S.C18H14FS/c1-2-3-4-11-20-25-21-16-18-24(19-17-21)26(22-12-7-5-8-13-22)23-14-9-6-10-15-23;19-13-1-7-16(8-2-13)22(17-9-3-14(20)4-10-17)18-11-5-15(21)6-12-18;19-14-6-10-17(11-7-14)21(16-4-2-1-3-5-16)18-12-8-15(20)9-13-18;19-15-11-13-18(14-12-15)20(16-7-3-1-4-8-16)17-9-5-2-6-10-17/h5-10,12-19H,2-4,11,20H2,1H3;1-12H;1-13H;1-14H/q4*+1. The van der Waals surface area contributed by atoms with E-state index in [1.165, 1.54) is 117 Å². The molecule has 0 radical (unpaired) electrons. The number of hydrogen-bond acceptors (Lipinski definition) is 1. The van der Waals surface area contributed by atoms with Crippen LogP contribution in [0.25, 0.3) is 0 Å². The van der Waals surface area contributed by atoms with E-state index in [9.17, 15) is 26.3 Å². The topological polar surface area (TPSA) is 9.23 Å². The molecule has 0 atom stereocenters. The molecule has 446 valence electrons. The van der Waals surface area contributed by atoms with Crippen molar-refractivity contribution in [2.24, 2.45) is 0 Å². The van der Waals surface area contributed by atoms with Crippen molar-refractivity contribution < 1.29 is 31.1 Å². The van der Waals surface area contributed by atoms with Crippen molar-refractivity contribution in [1.82, 2.24) is 0 Å². The molecule has 12 aromatic carbocycles. The monoisotopic (exact) mass is 1260 g/mol. The molecular formula is C78H66F6OS4+4. The molecule has 12 aromatic rings. The average Bonchev–Trinajstić information content (AvgIpc) is 2.57. The van der Waals surface area contributed by atoms with Crippen molar-refractivity contribution in [3.8, 4) is 5.75 Å². The first-order valence-corrected chi connectivity index (χ1v) is 34.0. The van der Waals surface area contributed by atoms with E-state index >= 15 is 0 Å². The molecule has 0 unspecified atom stereocenters. The third kappa shape index (κ3) is 19.5. The smallest absolute Gasteiger partial charge is 0.166 e. The third-order valence-corrected chi connectivity index (χ3v) is 22.4. The lowest BCUT2D eigenvalue weighted by molar-refractivity contribution is 0.305. The van der Waals surface area contributed by atoms with Crippen molar-refractivity contribution in [2.75, 3.05) is 6.61 Å². The highest BCUT2D eigenvalue weighted by Crippen LogP contribution is 2.36. The summed E-state index contributed by atoms with van der Waals surface area (Å²) >= 11 is 0. The first-order chi connectivity index (χ1) is 43.6. The number of benzene rings is 12. The summed E-state index contributed by atoms with van der Waals surface area (Å²) in [6, 6.07) is 99.2. The fourth-order valence-electron chi connectivity index (χ4n) is 9.23. The third-order valence-electron chi connectivity index (χ3n) is 13.5. The van der Waals surface area contributed by atoms with Crippen LogP contribution in [0.1, 0.15) is 32.6 Å². The summed E-state index contributed by atoms with van der Waals surface area (Å²) in [6.07, 6.45) is 4.93. The van der Waals surface area contributed by atoms with Crippen molar-refractivity contribution in [3.63, 3.8) is 0 Å². The van der Waals surface area contributed by atoms with Crippen LogP contribution in [-0.2, 0) is 43.6 Å². The second-order valence-electron chi connectivity index (χ2n) is 19.9. The molecule has 0 aliphatic heterocycles. The lowest BCUT2D eigenvalue weighted by Crippen LogP contribution is -2.05. The van der Waals surface area contributed by atoms with Gasteiger partial charge in [0.15, 0.2) is 58.7 Å². The van der Waals surface area contributed by atoms with Crippen molar-refractivity contribution in [3.05, 3.63) is 356 Å². The Morgan fingerprint density at radius 3 is 0.584 bits per heavy atom. The summed E-state index contributed by atoms with van der Waals surface area (Å²) in [7, 11) is -1.18. The Hall–Kier alpha value is -8.58. The lowest BCUT2D eigenvalue weighted by Gasteiger charge is -2.09. The summed E-state index contributed by atoms with van der Waals surface area (Å²) in [5.41, 5.74) is 0. The van der Waals surface area contributed by atoms with Gasteiger partial charge in [-0.1, -0.05) is 117 Å². The molecule has 89 heavy (non-hydrogen) atoms. The number of unbranched alkanes of at least 4 members (excludes halogenated alkanes) is 3. The van der Waals surface area contributed by atoms with Crippen molar-refractivity contribution in [1.29, 1.82) is 0 Å². The fraction of sp³-hybridized carbons (Fsp3) is 0.0769. The maximum Gasteiger partial charge on any atom is 0.166 e. The molecule has 0 aliphatic carbocycles.